The van der Waals surface area contributed by atoms with E-state index >= 15 is 0 Å². The molecule has 9 nitrogen and oxygen atoms in total. The summed E-state index contributed by atoms with van der Waals surface area (Å²) >= 11 is 2.37. The SMILES string of the molecule is CCOc1cc([C@@H]2C(=C(O)c3ccc4c(c3)C[C@H](C)O4)C(=O)C(=O)N2c2nnc(SCc3ccccc3F)s2)ccc1OCc1ccccc1. The van der Waals surface area contributed by atoms with Crippen molar-refractivity contribution >= 4 is 45.7 Å². The van der Waals surface area contributed by atoms with Gasteiger partial charge in [0.05, 0.1) is 18.2 Å². The zero-order chi connectivity index (χ0) is 34.8. The van der Waals surface area contributed by atoms with Crippen LogP contribution >= 0.6 is 23.1 Å². The van der Waals surface area contributed by atoms with Crippen molar-refractivity contribution in [2.45, 2.75) is 49.1 Å². The van der Waals surface area contributed by atoms with Crippen molar-refractivity contribution < 1.29 is 33.3 Å². The number of hydrogen-bond donors (Lipinski definition) is 1. The summed E-state index contributed by atoms with van der Waals surface area (Å²) in [5.74, 6) is -0.474. The molecule has 1 aromatic heterocycles. The number of aromatic nitrogens is 2. The van der Waals surface area contributed by atoms with Gasteiger partial charge in [-0.1, -0.05) is 77.7 Å². The molecule has 0 saturated carbocycles. The number of rotatable bonds is 11. The van der Waals surface area contributed by atoms with E-state index in [2.05, 4.69) is 10.2 Å². The number of carbonyl (C=O) groups excluding carboxylic acids is 2. The minimum Gasteiger partial charge on any atom is -0.507 e. The fourth-order valence-electron chi connectivity index (χ4n) is 6.00. The molecule has 1 amide bonds. The van der Waals surface area contributed by atoms with Gasteiger partial charge in [-0.2, -0.15) is 0 Å². The molecule has 1 fully saturated rings. The van der Waals surface area contributed by atoms with Crippen molar-refractivity contribution in [1.29, 1.82) is 0 Å². The van der Waals surface area contributed by atoms with Crippen LogP contribution in [0, 0.1) is 5.82 Å². The molecule has 0 bridgehead atoms. The van der Waals surface area contributed by atoms with Gasteiger partial charge in [-0.3, -0.25) is 14.5 Å². The number of thioether (sulfide) groups is 1. The topological polar surface area (TPSA) is 111 Å². The molecule has 0 radical (unpaired) electrons. The average molecular weight is 710 g/mol. The molecule has 7 rings (SSSR count). The van der Waals surface area contributed by atoms with Crippen LogP contribution in [0.5, 0.6) is 17.2 Å². The molecular formula is C38H32FN3O6S2. The molecule has 0 unspecified atom stereocenters. The second-order valence-corrected chi connectivity index (χ2v) is 13.9. The van der Waals surface area contributed by atoms with Gasteiger partial charge in [0, 0.05) is 17.7 Å². The minimum absolute atomic E-state index is 0.0181. The molecule has 2 aliphatic heterocycles. The summed E-state index contributed by atoms with van der Waals surface area (Å²) in [7, 11) is 0. The largest absolute Gasteiger partial charge is 0.507 e. The number of aliphatic hydroxyl groups is 1. The number of benzene rings is 4. The van der Waals surface area contributed by atoms with E-state index < -0.39 is 17.7 Å². The van der Waals surface area contributed by atoms with Crippen LogP contribution in [0.3, 0.4) is 0 Å². The first kappa shape index (κ1) is 33.3. The first-order chi connectivity index (χ1) is 24.3. The maximum Gasteiger partial charge on any atom is 0.301 e. The van der Waals surface area contributed by atoms with Crippen molar-refractivity contribution in [3.05, 3.63) is 130 Å². The first-order valence-electron chi connectivity index (χ1n) is 16.0. The Morgan fingerprint density at radius 2 is 1.80 bits per heavy atom. The van der Waals surface area contributed by atoms with E-state index in [-0.39, 0.29) is 28.4 Å². The van der Waals surface area contributed by atoms with Crippen molar-refractivity contribution in [1.82, 2.24) is 10.2 Å². The summed E-state index contributed by atoms with van der Waals surface area (Å²) in [6.07, 6.45) is 0.629. The van der Waals surface area contributed by atoms with E-state index in [9.17, 15) is 19.1 Å². The normalized spacial score (nSPS) is 17.9. The van der Waals surface area contributed by atoms with Crippen molar-refractivity contribution in [3.63, 3.8) is 0 Å². The number of hydrogen-bond acceptors (Lipinski definition) is 10. The lowest BCUT2D eigenvalue weighted by molar-refractivity contribution is -0.132. The molecule has 4 aromatic carbocycles. The van der Waals surface area contributed by atoms with Gasteiger partial charge < -0.3 is 19.3 Å². The highest BCUT2D eigenvalue weighted by atomic mass is 32.2. The van der Waals surface area contributed by atoms with Crippen LogP contribution in [0.1, 0.15) is 47.7 Å². The van der Waals surface area contributed by atoms with Gasteiger partial charge in [0.2, 0.25) is 5.13 Å². The molecule has 2 aliphatic rings. The molecular weight excluding hydrogens is 678 g/mol. The van der Waals surface area contributed by atoms with Gasteiger partial charge in [0.1, 0.15) is 30.0 Å². The minimum atomic E-state index is -1.07. The number of fused-ring (bicyclic) bond motifs is 1. The first-order valence-corrected chi connectivity index (χ1v) is 17.8. The second-order valence-electron chi connectivity index (χ2n) is 11.8. The number of carbonyl (C=O) groups is 2. The van der Waals surface area contributed by atoms with Gasteiger partial charge >= 0.3 is 5.91 Å². The van der Waals surface area contributed by atoms with E-state index in [1.54, 1.807) is 54.6 Å². The Balaban J connectivity index is 1.28. The molecule has 1 saturated heterocycles. The van der Waals surface area contributed by atoms with Crippen LogP contribution in [-0.4, -0.2) is 39.7 Å². The standard InChI is InChI=1S/C38H32FN3O6S2/c1-3-46-31-19-24(13-16-30(31)47-20-23-9-5-4-6-10-23)33-32(34(43)25-14-15-29-27(18-25)17-22(2)48-29)35(44)36(45)42(33)37-40-41-38(50-37)49-21-26-11-7-8-12-28(26)39/h4-16,18-19,22,33,43H,3,17,20-21H2,1-2H3/t22-,33+/m0/s1. The molecule has 5 aromatic rings. The van der Waals surface area contributed by atoms with E-state index in [4.69, 9.17) is 14.2 Å². The zero-order valence-corrected chi connectivity index (χ0v) is 28.8. The number of nitrogens with zero attached hydrogens (tertiary/aromatic N) is 3. The lowest BCUT2D eigenvalue weighted by Crippen LogP contribution is -2.29. The Labute approximate surface area is 296 Å². The fourth-order valence-corrected chi connectivity index (χ4v) is 7.85. The number of ether oxygens (including phenoxy) is 3. The summed E-state index contributed by atoms with van der Waals surface area (Å²) in [6, 6.07) is 25.5. The van der Waals surface area contributed by atoms with Crippen LogP contribution in [0.15, 0.2) is 101 Å². The molecule has 0 aliphatic carbocycles. The summed E-state index contributed by atoms with van der Waals surface area (Å²) < 4.78 is 32.7. The highest BCUT2D eigenvalue weighted by Crippen LogP contribution is 2.46. The van der Waals surface area contributed by atoms with Gasteiger partial charge in [0.15, 0.2) is 15.8 Å². The number of ketones is 1. The monoisotopic (exact) mass is 709 g/mol. The molecule has 254 valence electrons. The van der Waals surface area contributed by atoms with E-state index in [1.807, 2.05) is 44.2 Å². The predicted molar refractivity (Wildman–Crippen MR) is 189 cm³/mol. The average Bonchev–Trinajstić information content (AvgIpc) is 3.82. The summed E-state index contributed by atoms with van der Waals surface area (Å²) in [5, 5.41) is 20.5. The number of aliphatic hydroxyl groups excluding tert-OH is 1. The lowest BCUT2D eigenvalue weighted by Gasteiger charge is -2.24. The number of Topliss-reactive ketones (excluding diaryl/α,β-unsaturated/α-hetero) is 1. The van der Waals surface area contributed by atoms with Crippen LogP contribution in [0.4, 0.5) is 9.52 Å². The van der Waals surface area contributed by atoms with Gasteiger partial charge in [-0.15, -0.1) is 10.2 Å². The Morgan fingerprint density at radius 3 is 2.60 bits per heavy atom. The summed E-state index contributed by atoms with van der Waals surface area (Å²) in [6.45, 7) is 4.44. The third-order valence-corrected chi connectivity index (χ3v) is 10.4. The molecule has 0 spiro atoms. The highest BCUT2D eigenvalue weighted by molar-refractivity contribution is 8.00. The molecule has 1 N–H and O–H groups in total. The highest BCUT2D eigenvalue weighted by Gasteiger charge is 2.48. The van der Waals surface area contributed by atoms with E-state index in [1.165, 1.54) is 22.7 Å². The van der Waals surface area contributed by atoms with Crippen LogP contribution < -0.4 is 19.1 Å². The fraction of sp³-hybridized carbons (Fsp3) is 0.211. The van der Waals surface area contributed by atoms with E-state index in [0.29, 0.717) is 63.7 Å². The Kier molecular flexibility index (Phi) is 9.55. The lowest BCUT2D eigenvalue weighted by atomic mass is 9.94. The van der Waals surface area contributed by atoms with E-state index in [0.717, 1.165) is 22.5 Å². The predicted octanol–water partition coefficient (Wildman–Crippen LogP) is 7.90. The smallest absolute Gasteiger partial charge is 0.301 e. The van der Waals surface area contributed by atoms with Gasteiger partial charge in [-0.25, -0.2) is 4.39 Å². The maximum absolute atomic E-state index is 14.3. The Bertz CT molecular complexity index is 2100. The van der Waals surface area contributed by atoms with Gasteiger partial charge in [0.25, 0.3) is 5.78 Å². The van der Waals surface area contributed by atoms with Crippen LogP contribution in [-0.2, 0) is 28.4 Å². The molecule has 3 heterocycles. The van der Waals surface area contributed by atoms with Crippen molar-refractivity contribution in [2.75, 3.05) is 11.5 Å². The van der Waals surface area contributed by atoms with Gasteiger partial charge in [-0.05, 0) is 72.5 Å². The van der Waals surface area contributed by atoms with Crippen molar-refractivity contribution in [2.24, 2.45) is 0 Å². The third-order valence-electron chi connectivity index (χ3n) is 8.35. The van der Waals surface area contributed by atoms with Crippen LogP contribution in [0.2, 0.25) is 0 Å². The molecule has 2 atom stereocenters. The summed E-state index contributed by atoms with van der Waals surface area (Å²) in [4.78, 5) is 29.0. The zero-order valence-electron chi connectivity index (χ0n) is 27.2. The number of anilines is 1. The third kappa shape index (κ3) is 6.68. The number of halogens is 1. The number of amides is 1. The molecule has 50 heavy (non-hydrogen) atoms. The Hall–Kier alpha value is -5.20. The Morgan fingerprint density at radius 1 is 1.00 bits per heavy atom. The van der Waals surface area contributed by atoms with Crippen LogP contribution in [0.25, 0.3) is 5.76 Å². The van der Waals surface area contributed by atoms with Crippen molar-refractivity contribution in [3.8, 4) is 17.2 Å². The summed E-state index contributed by atoms with van der Waals surface area (Å²) in [5.41, 5.74) is 3.15. The maximum atomic E-state index is 14.3. The quantitative estimate of drug-likeness (QED) is 0.0481. The molecule has 12 heteroatoms. The second kappa shape index (κ2) is 14.3.